The zero-order chi connectivity index (χ0) is 18.1. The summed E-state index contributed by atoms with van der Waals surface area (Å²) in [6.07, 6.45) is 2.68. The number of methoxy groups -OCH3 is 1. The van der Waals surface area contributed by atoms with Crippen molar-refractivity contribution in [2.45, 2.75) is 0 Å². The van der Waals surface area contributed by atoms with Crippen molar-refractivity contribution in [2.75, 3.05) is 7.11 Å². The van der Waals surface area contributed by atoms with Crippen LogP contribution in [0, 0.1) is 0 Å². The molecule has 0 atom stereocenters. The van der Waals surface area contributed by atoms with Crippen LogP contribution in [0.2, 0.25) is 0 Å². The van der Waals surface area contributed by atoms with Gasteiger partial charge in [-0.25, -0.2) is 9.79 Å². The third kappa shape index (κ3) is 2.77. The lowest BCUT2D eigenvalue weighted by Gasteiger charge is -2.02. The number of carbonyl (C=O) groups excluding carboxylic acids is 1. The van der Waals surface area contributed by atoms with E-state index in [1.807, 2.05) is 0 Å². The first-order chi connectivity index (χ1) is 12.7. The molecule has 2 heterocycles. The number of fused-ring (bicyclic) bond motifs is 1. The van der Waals surface area contributed by atoms with E-state index in [0.29, 0.717) is 22.3 Å². The number of para-hydroxylation sites is 1. The lowest BCUT2D eigenvalue weighted by atomic mass is 10.1. The average molecular weight is 347 g/mol. The highest BCUT2D eigenvalue weighted by Crippen LogP contribution is 2.21. The van der Waals surface area contributed by atoms with Crippen LogP contribution in [0.3, 0.4) is 0 Å². The third-order valence-electron chi connectivity index (χ3n) is 3.94. The van der Waals surface area contributed by atoms with Gasteiger partial charge in [0, 0.05) is 5.56 Å². The molecule has 0 spiro atoms. The third-order valence-corrected chi connectivity index (χ3v) is 3.94. The van der Waals surface area contributed by atoms with Gasteiger partial charge in [0.25, 0.3) is 0 Å². The fourth-order valence-corrected chi connectivity index (χ4v) is 2.63. The molecule has 128 valence electrons. The molecule has 0 bridgehead atoms. The maximum atomic E-state index is 12.5. The maximum absolute atomic E-state index is 12.5. The molecule has 0 saturated heterocycles. The number of ether oxygens (including phenoxy) is 2. The number of carbonyl (C=O) groups is 1. The Balaban J connectivity index is 1.75. The second-order valence-corrected chi connectivity index (χ2v) is 5.58. The summed E-state index contributed by atoms with van der Waals surface area (Å²) in [5, 5.41) is 0.435. The van der Waals surface area contributed by atoms with Gasteiger partial charge in [-0.15, -0.1) is 0 Å². The summed E-state index contributed by atoms with van der Waals surface area (Å²) in [5.74, 6) is 0.148. The first-order valence-electron chi connectivity index (χ1n) is 7.83. The van der Waals surface area contributed by atoms with Crippen LogP contribution in [0.15, 0.2) is 74.7 Å². The molecular weight excluding hydrogens is 334 g/mol. The first kappa shape index (κ1) is 15.8. The minimum atomic E-state index is -0.629. The Bertz CT molecular complexity index is 1140. The molecule has 3 aromatic rings. The summed E-state index contributed by atoms with van der Waals surface area (Å²) >= 11 is 0. The molecule has 26 heavy (non-hydrogen) atoms. The van der Waals surface area contributed by atoms with E-state index >= 15 is 0 Å². The van der Waals surface area contributed by atoms with Gasteiger partial charge < -0.3 is 13.9 Å². The van der Waals surface area contributed by atoms with Gasteiger partial charge in [0.05, 0.1) is 18.1 Å². The Morgan fingerprint density at radius 1 is 1.08 bits per heavy atom. The van der Waals surface area contributed by atoms with Crippen LogP contribution in [0.5, 0.6) is 5.75 Å². The Morgan fingerprint density at radius 2 is 1.92 bits per heavy atom. The number of cyclic esters (lactones) is 1. The van der Waals surface area contributed by atoms with Crippen LogP contribution >= 0.6 is 0 Å². The summed E-state index contributed by atoms with van der Waals surface area (Å²) in [4.78, 5) is 28.9. The van der Waals surface area contributed by atoms with E-state index in [1.165, 1.54) is 12.3 Å². The summed E-state index contributed by atoms with van der Waals surface area (Å²) in [7, 11) is 1.55. The Morgan fingerprint density at radius 3 is 2.77 bits per heavy atom. The maximum Gasteiger partial charge on any atom is 0.363 e. The largest absolute Gasteiger partial charge is 0.497 e. The molecule has 2 aromatic carbocycles. The second kappa shape index (κ2) is 6.33. The summed E-state index contributed by atoms with van der Waals surface area (Å²) in [6.45, 7) is 0. The van der Waals surface area contributed by atoms with Crippen molar-refractivity contribution in [3.63, 3.8) is 0 Å². The standard InChI is InChI=1S/C20H13NO5/c1-24-14-6-4-5-12(9-14)19-21-16(20(23)26-19)10-13-11-25-17-8-3-2-7-15(17)18(13)22/h2-11H,1H3. The molecule has 1 aliphatic rings. The van der Waals surface area contributed by atoms with Gasteiger partial charge in [-0.05, 0) is 36.4 Å². The van der Waals surface area contributed by atoms with Gasteiger partial charge in [-0.2, -0.15) is 0 Å². The minimum absolute atomic E-state index is 0.0328. The molecule has 0 N–H and O–H groups in total. The van der Waals surface area contributed by atoms with E-state index in [-0.39, 0.29) is 22.6 Å². The van der Waals surface area contributed by atoms with Crippen molar-refractivity contribution in [3.8, 4) is 5.75 Å². The smallest absolute Gasteiger partial charge is 0.363 e. The molecule has 6 heteroatoms. The lowest BCUT2D eigenvalue weighted by Crippen LogP contribution is -2.07. The Labute approximate surface area is 148 Å². The number of rotatable bonds is 3. The number of hydrogen-bond donors (Lipinski definition) is 0. The number of hydrogen-bond acceptors (Lipinski definition) is 6. The Kier molecular flexibility index (Phi) is 3.85. The topological polar surface area (TPSA) is 78.1 Å². The van der Waals surface area contributed by atoms with E-state index in [9.17, 15) is 9.59 Å². The second-order valence-electron chi connectivity index (χ2n) is 5.58. The van der Waals surface area contributed by atoms with Crippen molar-refractivity contribution in [1.82, 2.24) is 0 Å². The normalized spacial score (nSPS) is 15.2. The number of nitrogens with zero attached hydrogens (tertiary/aromatic N) is 1. The molecule has 0 unspecified atom stereocenters. The SMILES string of the molecule is COc1cccc(C2=NC(=Cc3coc4ccccc4c3=O)C(=O)O2)c1. The van der Waals surface area contributed by atoms with Crippen molar-refractivity contribution in [3.05, 3.63) is 81.8 Å². The molecule has 1 aromatic heterocycles. The molecule has 4 rings (SSSR count). The van der Waals surface area contributed by atoms with Crippen molar-refractivity contribution < 1.29 is 18.7 Å². The van der Waals surface area contributed by atoms with Crippen LogP contribution in [0.25, 0.3) is 17.0 Å². The summed E-state index contributed by atoms with van der Waals surface area (Å²) in [5.41, 5.74) is 1.11. The van der Waals surface area contributed by atoms with Crippen LogP contribution in [0.4, 0.5) is 0 Å². The zero-order valence-electron chi connectivity index (χ0n) is 13.8. The van der Waals surface area contributed by atoms with Crippen LogP contribution < -0.4 is 10.2 Å². The van der Waals surface area contributed by atoms with Gasteiger partial charge in [-0.1, -0.05) is 18.2 Å². The van der Waals surface area contributed by atoms with Crippen LogP contribution in [-0.4, -0.2) is 19.0 Å². The minimum Gasteiger partial charge on any atom is -0.497 e. The summed E-state index contributed by atoms with van der Waals surface area (Å²) in [6, 6.07) is 13.9. The molecule has 0 aliphatic carbocycles. The number of aliphatic imine (C=N–C) groups is 1. The fraction of sp³-hybridized carbons (Fsp3) is 0.0500. The summed E-state index contributed by atoms with van der Waals surface area (Å²) < 4.78 is 15.8. The van der Waals surface area contributed by atoms with E-state index in [0.717, 1.165) is 0 Å². The Hall–Kier alpha value is -3.67. The van der Waals surface area contributed by atoms with E-state index < -0.39 is 5.97 Å². The molecule has 1 aliphatic heterocycles. The molecule has 0 saturated carbocycles. The predicted octanol–water partition coefficient (Wildman–Crippen LogP) is 3.15. The van der Waals surface area contributed by atoms with Gasteiger partial charge in [-0.3, -0.25) is 4.79 Å². The molecular formula is C20H13NO5. The highest BCUT2D eigenvalue weighted by Gasteiger charge is 2.25. The molecule has 0 amide bonds. The first-order valence-corrected chi connectivity index (χ1v) is 7.83. The van der Waals surface area contributed by atoms with Gasteiger partial charge >= 0.3 is 5.97 Å². The zero-order valence-corrected chi connectivity index (χ0v) is 13.8. The fourth-order valence-electron chi connectivity index (χ4n) is 2.63. The van der Waals surface area contributed by atoms with Crippen LogP contribution in [-0.2, 0) is 9.53 Å². The van der Waals surface area contributed by atoms with Gasteiger partial charge in [0.1, 0.15) is 17.6 Å². The molecule has 0 radical (unpaired) electrons. The molecule has 0 fully saturated rings. The average Bonchev–Trinajstić information content (AvgIpc) is 3.05. The quantitative estimate of drug-likeness (QED) is 0.537. The molecule has 6 nitrogen and oxygen atoms in total. The highest BCUT2D eigenvalue weighted by atomic mass is 16.6. The lowest BCUT2D eigenvalue weighted by molar-refractivity contribution is -0.129. The van der Waals surface area contributed by atoms with E-state index in [1.54, 1.807) is 55.6 Å². The number of esters is 1. The van der Waals surface area contributed by atoms with E-state index in [2.05, 4.69) is 4.99 Å². The van der Waals surface area contributed by atoms with Gasteiger partial charge in [0.2, 0.25) is 5.90 Å². The predicted molar refractivity (Wildman–Crippen MR) is 96.1 cm³/mol. The monoisotopic (exact) mass is 347 g/mol. The van der Waals surface area contributed by atoms with Gasteiger partial charge in [0.15, 0.2) is 11.1 Å². The van der Waals surface area contributed by atoms with Crippen LogP contribution in [0.1, 0.15) is 11.1 Å². The number of benzene rings is 2. The highest BCUT2D eigenvalue weighted by molar-refractivity contribution is 6.13. The van der Waals surface area contributed by atoms with E-state index in [4.69, 9.17) is 13.9 Å². The van der Waals surface area contributed by atoms with Crippen molar-refractivity contribution in [1.29, 1.82) is 0 Å². The van der Waals surface area contributed by atoms with Crippen molar-refractivity contribution in [2.24, 2.45) is 4.99 Å². The van der Waals surface area contributed by atoms with Crippen molar-refractivity contribution >= 4 is 28.9 Å².